The topological polar surface area (TPSA) is 9.23 Å². The molecule has 77 valence electrons. The van der Waals surface area contributed by atoms with E-state index in [0.717, 1.165) is 0 Å². The van der Waals surface area contributed by atoms with Crippen molar-refractivity contribution >= 4 is 0 Å². The molecule has 0 aliphatic rings. The van der Waals surface area contributed by atoms with Crippen molar-refractivity contribution in [3.63, 3.8) is 0 Å². The van der Waals surface area contributed by atoms with Crippen LogP contribution in [0.15, 0.2) is 30.3 Å². The highest BCUT2D eigenvalue weighted by Crippen LogP contribution is 2.26. The number of rotatable bonds is 4. The van der Waals surface area contributed by atoms with Crippen LogP contribution in [0.25, 0.3) is 0 Å². The third-order valence-electron chi connectivity index (χ3n) is 1.41. The van der Waals surface area contributed by atoms with Gasteiger partial charge < -0.3 is 4.74 Å². The largest absolute Gasteiger partial charge is 0.417 e. The smallest absolute Gasteiger partial charge is 0.305 e. The van der Waals surface area contributed by atoms with E-state index in [2.05, 4.69) is 4.74 Å². The van der Waals surface area contributed by atoms with Crippen molar-refractivity contribution in [2.24, 2.45) is 0 Å². The van der Waals surface area contributed by atoms with Crippen molar-refractivity contribution in [3.8, 4) is 0 Å². The number of alkyl halides is 4. The van der Waals surface area contributed by atoms with Gasteiger partial charge in [0.05, 0.1) is 0 Å². The Labute approximate surface area is 78.3 Å². The fourth-order valence-electron chi connectivity index (χ4n) is 0.730. The van der Waals surface area contributed by atoms with Crippen molar-refractivity contribution < 1.29 is 22.3 Å². The number of benzene rings is 1. The summed E-state index contributed by atoms with van der Waals surface area (Å²) in [6, 6.07) is 7.75. The first kappa shape index (κ1) is 11.0. The first-order valence-corrected chi connectivity index (χ1v) is 3.74. The molecule has 0 saturated heterocycles. The van der Waals surface area contributed by atoms with Gasteiger partial charge in [-0.25, -0.2) is 8.78 Å². The standard InChI is InChI=1S/C9H7F4O/c10-8(11)9(12,13)14-6-7-4-2-1-3-5-7/h1-6,8H. The molecule has 0 spiro atoms. The Morgan fingerprint density at radius 1 is 1.14 bits per heavy atom. The average molecular weight is 207 g/mol. The molecule has 0 N–H and O–H groups in total. The maximum Gasteiger partial charge on any atom is 0.417 e. The number of ether oxygens (including phenoxy) is 1. The average Bonchev–Trinajstić information content (AvgIpc) is 2.16. The Bertz CT molecular complexity index is 273. The lowest BCUT2D eigenvalue weighted by Crippen LogP contribution is -2.29. The van der Waals surface area contributed by atoms with Crippen LogP contribution in [0.3, 0.4) is 0 Å². The van der Waals surface area contributed by atoms with Gasteiger partial charge in [0.25, 0.3) is 0 Å². The fourth-order valence-corrected chi connectivity index (χ4v) is 0.730. The molecule has 1 aromatic rings. The van der Waals surface area contributed by atoms with E-state index in [1.165, 1.54) is 12.1 Å². The monoisotopic (exact) mass is 207 g/mol. The molecule has 0 saturated carbocycles. The Hall–Kier alpha value is -1.10. The summed E-state index contributed by atoms with van der Waals surface area (Å²) in [6.45, 7) is 0.603. The molecule has 0 aliphatic carbocycles. The predicted molar refractivity (Wildman–Crippen MR) is 41.9 cm³/mol. The Balaban J connectivity index is 2.49. The first-order chi connectivity index (χ1) is 6.52. The van der Waals surface area contributed by atoms with E-state index >= 15 is 0 Å². The quantitative estimate of drug-likeness (QED) is 0.689. The Morgan fingerprint density at radius 2 is 1.71 bits per heavy atom. The molecule has 14 heavy (non-hydrogen) atoms. The highest BCUT2D eigenvalue weighted by molar-refractivity contribution is 5.19. The number of hydrogen-bond acceptors (Lipinski definition) is 1. The van der Waals surface area contributed by atoms with Crippen LogP contribution in [0.1, 0.15) is 5.56 Å². The van der Waals surface area contributed by atoms with Crippen molar-refractivity contribution in [1.82, 2.24) is 0 Å². The zero-order valence-electron chi connectivity index (χ0n) is 6.96. The molecule has 0 fully saturated rings. The van der Waals surface area contributed by atoms with E-state index in [4.69, 9.17) is 0 Å². The van der Waals surface area contributed by atoms with E-state index in [-0.39, 0.29) is 0 Å². The van der Waals surface area contributed by atoms with Gasteiger partial charge in [0.1, 0.15) is 6.61 Å². The Morgan fingerprint density at radius 3 is 2.21 bits per heavy atom. The lowest BCUT2D eigenvalue weighted by atomic mass is 10.2. The summed E-state index contributed by atoms with van der Waals surface area (Å²) >= 11 is 0. The molecular formula is C9H7F4O. The SMILES string of the molecule is FC(F)C(F)(F)O[CH]c1ccccc1. The second-order valence-corrected chi connectivity index (χ2v) is 2.51. The maximum absolute atomic E-state index is 12.2. The van der Waals surface area contributed by atoms with Crippen LogP contribution in [0.4, 0.5) is 17.6 Å². The predicted octanol–water partition coefficient (Wildman–Crippen LogP) is 3.07. The van der Waals surface area contributed by atoms with E-state index in [0.29, 0.717) is 12.2 Å². The van der Waals surface area contributed by atoms with Gasteiger partial charge in [-0.05, 0) is 5.56 Å². The van der Waals surface area contributed by atoms with Crippen LogP contribution in [-0.2, 0) is 4.74 Å². The van der Waals surface area contributed by atoms with Gasteiger partial charge in [-0.3, -0.25) is 0 Å². The maximum atomic E-state index is 12.2. The summed E-state index contributed by atoms with van der Waals surface area (Å²) in [4.78, 5) is 0. The van der Waals surface area contributed by atoms with Crippen LogP contribution >= 0.6 is 0 Å². The highest BCUT2D eigenvalue weighted by Gasteiger charge is 2.42. The summed E-state index contributed by atoms with van der Waals surface area (Å²) in [7, 11) is 0. The summed E-state index contributed by atoms with van der Waals surface area (Å²) in [5.41, 5.74) is 0.299. The van der Waals surface area contributed by atoms with Gasteiger partial charge in [0, 0.05) is 0 Å². The fraction of sp³-hybridized carbons (Fsp3) is 0.222. The van der Waals surface area contributed by atoms with Gasteiger partial charge in [-0.2, -0.15) is 8.78 Å². The molecule has 5 heteroatoms. The molecular weight excluding hydrogens is 200 g/mol. The lowest BCUT2D eigenvalue weighted by Gasteiger charge is -2.14. The molecule has 0 aromatic heterocycles. The van der Waals surface area contributed by atoms with Gasteiger partial charge in [-0.15, -0.1) is 0 Å². The summed E-state index contributed by atoms with van der Waals surface area (Å²) < 4.78 is 51.4. The summed E-state index contributed by atoms with van der Waals surface area (Å²) in [5, 5.41) is 0. The van der Waals surface area contributed by atoms with Crippen molar-refractivity contribution in [2.75, 3.05) is 0 Å². The van der Waals surface area contributed by atoms with Gasteiger partial charge >= 0.3 is 12.5 Å². The number of hydrogen-bond donors (Lipinski definition) is 0. The Kier molecular flexibility index (Phi) is 3.46. The van der Waals surface area contributed by atoms with Crippen molar-refractivity contribution in [3.05, 3.63) is 42.5 Å². The number of halogens is 4. The van der Waals surface area contributed by atoms with Crippen molar-refractivity contribution in [2.45, 2.75) is 12.5 Å². The molecule has 0 amide bonds. The molecule has 0 atom stereocenters. The highest BCUT2D eigenvalue weighted by atomic mass is 19.3. The van der Waals surface area contributed by atoms with Crippen LogP contribution in [0.2, 0.25) is 0 Å². The minimum Gasteiger partial charge on any atom is -0.305 e. The molecule has 0 heterocycles. The molecule has 1 aromatic carbocycles. The zero-order chi connectivity index (χ0) is 10.6. The first-order valence-electron chi connectivity index (χ1n) is 3.74. The molecule has 1 nitrogen and oxygen atoms in total. The molecule has 1 radical (unpaired) electrons. The van der Waals surface area contributed by atoms with E-state index in [9.17, 15) is 17.6 Å². The van der Waals surface area contributed by atoms with Crippen LogP contribution in [0, 0.1) is 6.61 Å². The molecule has 1 rings (SSSR count). The van der Waals surface area contributed by atoms with E-state index in [1.54, 1.807) is 18.2 Å². The third-order valence-corrected chi connectivity index (χ3v) is 1.41. The summed E-state index contributed by atoms with van der Waals surface area (Å²) in [5.74, 6) is 0. The normalized spacial score (nSPS) is 12.1. The molecule has 0 aliphatic heterocycles. The summed E-state index contributed by atoms with van der Waals surface area (Å²) in [6.07, 6.45) is -8.27. The minimum absolute atomic E-state index is 0.299. The minimum atomic E-state index is -4.43. The third kappa shape index (κ3) is 2.99. The van der Waals surface area contributed by atoms with Crippen LogP contribution in [-0.4, -0.2) is 12.5 Å². The van der Waals surface area contributed by atoms with Crippen molar-refractivity contribution in [1.29, 1.82) is 0 Å². The lowest BCUT2D eigenvalue weighted by molar-refractivity contribution is -0.283. The van der Waals surface area contributed by atoms with Gasteiger partial charge in [-0.1, -0.05) is 30.3 Å². The second kappa shape index (κ2) is 4.41. The molecule has 0 bridgehead atoms. The molecule has 0 unspecified atom stereocenters. The van der Waals surface area contributed by atoms with Gasteiger partial charge in [0.15, 0.2) is 0 Å². The van der Waals surface area contributed by atoms with E-state index < -0.39 is 12.5 Å². The second-order valence-electron chi connectivity index (χ2n) is 2.51. The van der Waals surface area contributed by atoms with Crippen LogP contribution < -0.4 is 0 Å². The van der Waals surface area contributed by atoms with Gasteiger partial charge in [0.2, 0.25) is 0 Å². The zero-order valence-corrected chi connectivity index (χ0v) is 6.96. The van der Waals surface area contributed by atoms with E-state index in [1.807, 2.05) is 0 Å². The van der Waals surface area contributed by atoms with Crippen LogP contribution in [0.5, 0.6) is 0 Å².